The van der Waals surface area contributed by atoms with Crippen LogP contribution < -0.4 is 0 Å². The Kier molecular flexibility index (Phi) is 3.99. The van der Waals surface area contributed by atoms with Crippen LogP contribution in [0.25, 0.3) is 0 Å². The van der Waals surface area contributed by atoms with Gasteiger partial charge in [0, 0.05) is 6.04 Å². The van der Waals surface area contributed by atoms with Crippen LogP contribution in [0.5, 0.6) is 0 Å². The molecule has 1 fully saturated rings. The van der Waals surface area contributed by atoms with Crippen molar-refractivity contribution in [1.82, 2.24) is 4.90 Å². The van der Waals surface area contributed by atoms with Crippen LogP contribution in [0.15, 0.2) is 22.8 Å². The molecule has 0 atom stereocenters. The van der Waals surface area contributed by atoms with Crippen LogP contribution in [0.1, 0.15) is 18.6 Å². The maximum absolute atomic E-state index is 11.9. The fraction of sp³-hybridized carbons (Fsp3) is 0.500. The van der Waals surface area contributed by atoms with E-state index in [1.54, 1.807) is 23.3 Å². The average Bonchev–Trinajstić information content (AvgIpc) is 3.02. The van der Waals surface area contributed by atoms with Crippen LogP contribution in [0.4, 0.5) is 0 Å². The molecule has 1 aliphatic carbocycles. The summed E-state index contributed by atoms with van der Waals surface area (Å²) >= 11 is 0. The number of carbonyl (C=O) groups is 2. The van der Waals surface area contributed by atoms with Crippen LogP contribution in [-0.4, -0.2) is 41.1 Å². The monoisotopic (exact) mass is 253 g/mol. The van der Waals surface area contributed by atoms with Gasteiger partial charge in [-0.1, -0.05) is 0 Å². The van der Waals surface area contributed by atoms with Gasteiger partial charge in [0.2, 0.25) is 5.91 Å². The maximum Gasteiger partial charge on any atom is 0.329 e. The van der Waals surface area contributed by atoms with Crippen molar-refractivity contribution in [1.29, 1.82) is 0 Å². The molecule has 2 rings (SSSR count). The summed E-state index contributed by atoms with van der Waals surface area (Å²) in [4.78, 5) is 23.9. The zero-order chi connectivity index (χ0) is 13.0. The van der Waals surface area contributed by atoms with E-state index in [0.29, 0.717) is 12.3 Å². The molecule has 6 heteroatoms. The van der Waals surface area contributed by atoms with Crippen molar-refractivity contribution in [3.8, 4) is 0 Å². The number of carboxylic acids is 1. The minimum atomic E-state index is -1.08. The second-order valence-electron chi connectivity index (χ2n) is 4.22. The fourth-order valence-corrected chi connectivity index (χ4v) is 1.69. The lowest BCUT2D eigenvalue weighted by atomic mass is 10.3. The summed E-state index contributed by atoms with van der Waals surface area (Å²) in [5.41, 5.74) is 0. The quantitative estimate of drug-likeness (QED) is 0.780. The minimum absolute atomic E-state index is 0.199. The van der Waals surface area contributed by atoms with Crippen LogP contribution >= 0.6 is 0 Å². The summed E-state index contributed by atoms with van der Waals surface area (Å²) in [5.74, 6) is -0.560. The highest BCUT2D eigenvalue weighted by Gasteiger charge is 2.33. The van der Waals surface area contributed by atoms with E-state index in [9.17, 15) is 9.59 Å². The lowest BCUT2D eigenvalue weighted by molar-refractivity contribution is -0.146. The Labute approximate surface area is 104 Å². The van der Waals surface area contributed by atoms with E-state index in [-0.39, 0.29) is 18.6 Å². The Balaban J connectivity index is 1.85. The molecular formula is C12H15NO5. The summed E-state index contributed by atoms with van der Waals surface area (Å²) in [6.07, 6.45) is 3.52. The molecule has 0 spiro atoms. The van der Waals surface area contributed by atoms with Gasteiger partial charge in [0.15, 0.2) is 0 Å². The number of hydrogen-bond acceptors (Lipinski definition) is 4. The number of hydrogen-bond donors (Lipinski definition) is 1. The summed E-state index contributed by atoms with van der Waals surface area (Å²) in [6, 6.07) is 3.81. The summed E-state index contributed by atoms with van der Waals surface area (Å²) in [6.45, 7) is -0.249. The SMILES string of the molecule is O=C(O)COCC(=O)N(Cc1ccco1)C1CC1. The van der Waals surface area contributed by atoms with Crippen LogP contribution in [0, 0.1) is 0 Å². The van der Waals surface area contributed by atoms with E-state index in [4.69, 9.17) is 14.3 Å². The van der Waals surface area contributed by atoms with Crippen molar-refractivity contribution in [3.63, 3.8) is 0 Å². The topological polar surface area (TPSA) is 80.0 Å². The summed E-state index contributed by atoms with van der Waals surface area (Å²) in [7, 11) is 0. The number of furan rings is 1. The van der Waals surface area contributed by atoms with E-state index in [0.717, 1.165) is 12.8 Å². The Morgan fingerprint density at radius 1 is 1.44 bits per heavy atom. The molecular weight excluding hydrogens is 238 g/mol. The van der Waals surface area contributed by atoms with Gasteiger partial charge in [0.1, 0.15) is 19.0 Å². The standard InChI is InChI=1S/C12H15NO5/c14-11(7-17-8-12(15)16)13(9-3-4-9)6-10-2-1-5-18-10/h1-2,5,9H,3-4,6-8H2,(H,15,16). The number of amides is 1. The van der Waals surface area contributed by atoms with Gasteiger partial charge in [-0.05, 0) is 25.0 Å². The lowest BCUT2D eigenvalue weighted by Crippen LogP contribution is -2.35. The Morgan fingerprint density at radius 3 is 2.78 bits per heavy atom. The molecule has 1 N–H and O–H groups in total. The second-order valence-corrected chi connectivity index (χ2v) is 4.22. The van der Waals surface area contributed by atoms with Gasteiger partial charge in [-0.25, -0.2) is 4.79 Å². The van der Waals surface area contributed by atoms with Crippen molar-refractivity contribution in [3.05, 3.63) is 24.2 Å². The van der Waals surface area contributed by atoms with Crippen molar-refractivity contribution >= 4 is 11.9 Å². The van der Waals surface area contributed by atoms with Crippen molar-refractivity contribution in [2.24, 2.45) is 0 Å². The number of carbonyl (C=O) groups excluding carboxylic acids is 1. The van der Waals surface area contributed by atoms with Crippen molar-refractivity contribution < 1.29 is 23.8 Å². The predicted molar refractivity (Wildman–Crippen MR) is 60.7 cm³/mol. The number of carboxylic acid groups (broad SMARTS) is 1. The number of ether oxygens (including phenoxy) is 1. The summed E-state index contributed by atoms with van der Waals surface area (Å²) in [5, 5.41) is 8.43. The van der Waals surface area contributed by atoms with Crippen molar-refractivity contribution in [2.75, 3.05) is 13.2 Å². The molecule has 0 unspecified atom stereocenters. The molecule has 18 heavy (non-hydrogen) atoms. The molecule has 0 radical (unpaired) electrons. The third-order valence-electron chi connectivity index (χ3n) is 2.67. The van der Waals surface area contributed by atoms with Crippen LogP contribution in [-0.2, 0) is 20.9 Å². The molecule has 0 bridgehead atoms. The largest absolute Gasteiger partial charge is 0.480 e. The van der Waals surface area contributed by atoms with E-state index < -0.39 is 12.6 Å². The van der Waals surface area contributed by atoms with Crippen LogP contribution in [0.3, 0.4) is 0 Å². The third kappa shape index (κ3) is 3.59. The fourth-order valence-electron chi connectivity index (χ4n) is 1.69. The lowest BCUT2D eigenvalue weighted by Gasteiger charge is -2.20. The molecule has 1 aromatic heterocycles. The normalized spacial score (nSPS) is 14.4. The first-order chi connectivity index (χ1) is 8.66. The van der Waals surface area contributed by atoms with Gasteiger partial charge in [0.05, 0.1) is 12.8 Å². The third-order valence-corrected chi connectivity index (χ3v) is 2.67. The molecule has 0 saturated heterocycles. The molecule has 1 aromatic rings. The molecule has 1 heterocycles. The van der Waals surface area contributed by atoms with Crippen molar-refractivity contribution in [2.45, 2.75) is 25.4 Å². The smallest absolute Gasteiger partial charge is 0.329 e. The molecule has 1 amide bonds. The molecule has 1 saturated carbocycles. The minimum Gasteiger partial charge on any atom is -0.480 e. The van der Waals surface area contributed by atoms with Gasteiger partial charge in [-0.2, -0.15) is 0 Å². The first-order valence-corrected chi connectivity index (χ1v) is 5.78. The van der Waals surface area contributed by atoms with Gasteiger partial charge in [-0.15, -0.1) is 0 Å². The number of aliphatic carboxylic acids is 1. The van der Waals surface area contributed by atoms with E-state index in [2.05, 4.69) is 0 Å². The Hall–Kier alpha value is -1.82. The Morgan fingerprint density at radius 2 is 2.22 bits per heavy atom. The molecule has 6 nitrogen and oxygen atoms in total. The highest BCUT2D eigenvalue weighted by Crippen LogP contribution is 2.28. The highest BCUT2D eigenvalue weighted by atomic mass is 16.5. The Bertz CT molecular complexity index is 410. The first kappa shape index (κ1) is 12.6. The number of rotatable bonds is 7. The van der Waals surface area contributed by atoms with Gasteiger partial charge in [0.25, 0.3) is 0 Å². The zero-order valence-corrected chi connectivity index (χ0v) is 9.87. The van der Waals surface area contributed by atoms with Gasteiger partial charge < -0.3 is 19.2 Å². The highest BCUT2D eigenvalue weighted by molar-refractivity contribution is 5.78. The molecule has 0 aromatic carbocycles. The second kappa shape index (κ2) is 5.68. The summed E-state index contributed by atoms with van der Waals surface area (Å²) < 4.78 is 10.0. The van der Waals surface area contributed by atoms with E-state index >= 15 is 0 Å². The zero-order valence-electron chi connectivity index (χ0n) is 9.87. The van der Waals surface area contributed by atoms with E-state index in [1.807, 2.05) is 0 Å². The van der Waals surface area contributed by atoms with Gasteiger partial charge >= 0.3 is 5.97 Å². The van der Waals surface area contributed by atoms with Crippen LogP contribution in [0.2, 0.25) is 0 Å². The predicted octanol–water partition coefficient (Wildman–Crippen LogP) is 0.872. The molecule has 1 aliphatic rings. The molecule has 98 valence electrons. The first-order valence-electron chi connectivity index (χ1n) is 5.78. The van der Waals surface area contributed by atoms with Gasteiger partial charge in [-0.3, -0.25) is 4.79 Å². The van der Waals surface area contributed by atoms with E-state index in [1.165, 1.54) is 0 Å². The number of nitrogens with zero attached hydrogens (tertiary/aromatic N) is 1. The maximum atomic E-state index is 11.9. The molecule has 0 aliphatic heterocycles. The average molecular weight is 253 g/mol.